The predicted octanol–water partition coefficient (Wildman–Crippen LogP) is 4.08. The molecule has 2 heteroatoms. The van der Waals surface area contributed by atoms with E-state index in [1.165, 1.54) is 11.1 Å². The molecule has 1 aliphatic rings. The van der Waals surface area contributed by atoms with Crippen LogP contribution in [0.1, 0.15) is 42.4 Å². The summed E-state index contributed by atoms with van der Waals surface area (Å²) < 4.78 is 0. The first-order valence-electron chi connectivity index (χ1n) is 6.52. The molecule has 0 fully saturated rings. The van der Waals surface area contributed by atoms with Crippen molar-refractivity contribution in [1.29, 1.82) is 0 Å². The van der Waals surface area contributed by atoms with Crippen LogP contribution in [-0.4, -0.2) is 5.11 Å². The SMILES string of the molecule is CC1CCC(O)(Cc2ccsc2)c2ccccc21. The van der Waals surface area contributed by atoms with Crippen molar-refractivity contribution >= 4 is 11.3 Å². The maximum atomic E-state index is 11.0. The molecule has 0 bridgehead atoms. The van der Waals surface area contributed by atoms with Crippen LogP contribution in [-0.2, 0) is 12.0 Å². The molecule has 1 aromatic carbocycles. The second-order valence-electron chi connectivity index (χ2n) is 5.37. The molecule has 1 N–H and O–H groups in total. The third kappa shape index (κ3) is 2.00. The average molecular weight is 258 g/mol. The van der Waals surface area contributed by atoms with E-state index in [4.69, 9.17) is 0 Å². The van der Waals surface area contributed by atoms with Crippen LogP contribution in [0.5, 0.6) is 0 Å². The van der Waals surface area contributed by atoms with Crippen molar-refractivity contribution in [3.8, 4) is 0 Å². The van der Waals surface area contributed by atoms with E-state index in [0.717, 1.165) is 24.8 Å². The van der Waals surface area contributed by atoms with Crippen LogP contribution in [0.3, 0.4) is 0 Å². The van der Waals surface area contributed by atoms with E-state index in [9.17, 15) is 5.11 Å². The highest BCUT2D eigenvalue weighted by Crippen LogP contribution is 2.43. The van der Waals surface area contributed by atoms with Crippen LogP contribution in [0.15, 0.2) is 41.1 Å². The molecule has 2 unspecified atom stereocenters. The lowest BCUT2D eigenvalue weighted by atomic mass is 9.72. The maximum Gasteiger partial charge on any atom is 0.0940 e. The second-order valence-corrected chi connectivity index (χ2v) is 6.15. The molecule has 2 aromatic rings. The molecule has 0 saturated heterocycles. The number of hydrogen-bond donors (Lipinski definition) is 1. The molecule has 0 saturated carbocycles. The van der Waals surface area contributed by atoms with E-state index < -0.39 is 5.60 Å². The second kappa shape index (κ2) is 4.52. The Bertz CT molecular complexity index is 532. The molecule has 1 aliphatic carbocycles. The number of thiophene rings is 1. The van der Waals surface area contributed by atoms with E-state index in [1.54, 1.807) is 11.3 Å². The lowest BCUT2D eigenvalue weighted by Gasteiger charge is -2.37. The van der Waals surface area contributed by atoms with Crippen LogP contribution in [0.25, 0.3) is 0 Å². The fourth-order valence-electron chi connectivity index (χ4n) is 3.01. The minimum absolute atomic E-state index is 0.559. The van der Waals surface area contributed by atoms with E-state index in [1.807, 2.05) is 6.07 Å². The summed E-state index contributed by atoms with van der Waals surface area (Å²) in [5.41, 5.74) is 3.02. The minimum atomic E-state index is -0.676. The zero-order valence-corrected chi connectivity index (χ0v) is 11.4. The minimum Gasteiger partial charge on any atom is -0.385 e. The molecule has 0 spiro atoms. The van der Waals surface area contributed by atoms with Gasteiger partial charge in [-0.3, -0.25) is 0 Å². The lowest BCUT2D eigenvalue weighted by Crippen LogP contribution is -2.33. The Morgan fingerprint density at radius 2 is 2.17 bits per heavy atom. The summed E-state index contributed by atoms with van der Waals surface area (Å²) in [4.78, 5) is 0. The van der Waals surface area contributed by atoms with E-state index in [0.29, 0.717) is 5.92 Å². The van der Waals surface area contributed by atoms with Crippen LogP contribution >= 0.6 is 11.3 Å². The van der Waals surface area contributed by atoms with Gasteiger partial charge in [0, 0.05) is 6.42 Å². The zero-order chi connectivity index (χ0) is 12.6. The van der Waals surface area contributed by atoms with Crippen LogP contribution in [0.2, 0.25) is 0 Å². The molecule has 1 heterocycles. The van der Waals surface area contributed by atoms with Gasteiger partial charge >= 0.3 is 0 Å². The third-order valence-electron chi connectivity index (χ3n) is 4.06. The molecule has 2 atom stereocenters. The Morgan fingerprint density at radius 1 is 1.33 bits per heavy atom. The van der Waals surface area contributed by atoms with Gasteiger partial charge in [-0.15, -0.1) is 0 Å². The molecular formula is C16H18OS. The first-order chi connectivity index (χ1) is 8.69. The molecule has 94 valence electrons. The van der Waals surface area contributed by atoms with Gasteiger partial charge in [0.05, 0.1) is 5.60 Å². The summed E-state index contributed by atoms with van der Waals surface area (Å²) in [7, 11) is 0. The Labute approximate surface area is 112 Å². The van der Waals surface area contributed by atoms with Crippen LogP contribution in [0, 0.1) is 0 Å². The first-order valence-corrected chi connectivity index (χ1v) is 7.46. The Morgan fingerprint density at radius 3 is 2.94 bits per heavy atom. The quantitative estimate of drug-likeness (QED) is 0.860. The molecule has 1 aromatic heterocycles. The Balaban J connectivity index is 2.00. The van der Waals surface area contributed by atoms with Gasteiger partial charge < -0.3 is 5.11 Å². The number of aliphatic hydroxyl groups is 1. The summed E-state index contributed by atoms with van der Waals surface area (Å²) in [5.74, 6) is 0.559. The van der Waals surface area contributed by atoms with Crippen molar-refractivity contribution < 1.29 is 5.11 Å². The predicted molar refractivity (Wildman–Crippen MR) is 76.0 cm³/mol. The monoisotopic (exact) mass is 258 g/mol. The Hall–Kier alpha value is -1.12. The van der Waals surface area contributed by atoms with Gasteiger partial charge in [0.25, 0.3) is 0 Å². The summed E-state index contributed by atoms with van der Waals surface area (Å²) in [6.45, 7) is 2.25. The van der Waals surface area contributed by atoms with Crippen molar-refractivity contribution in [3.63, 3.8) is 0 Å². The highest BCUT2D eigenvalue weighted by atomic mass is 32.1. The van der Waals surface area contributed by atoms with Crippen molar-refractivity contribution in [2.75, 3.05) is 0 Å². The van der Waals surface area contributed by atoms with Crippen molar-refractivity contribution in [3.05, 3.63) is 57.8 Å². The van der Waals surface area contributed by atoms with Gasteiger partial charge in [-0.1, -0.05) is 31.2 Å². The smallest absolute Gasteiger partial charge is 0.0940 e. The van der Waals surface area contributed by atoms with E-state index >= 15 is 0 Å². The van der Waals surface area contributed by atoms with Gasteiger partial charge in [0.1, 0.15) is 0 Å². The first kappa shape index (κ1) is 11.9. The molecule has 0 amide bonds. The van der Waals surface area contributed by atoms with Crippen LogP contribution in [0.4, 0.5) is 0 Å². The van der Waals surface area contributed by atoms with Crippen molar-refractivity contribution in [2.45, 2.75) is 37.7 Å². The number of hydrogen-bond acceptors (Lipinski definition) is 2. The third-order valence-corrected chi connectivity index (χ3v) is 4.79. The van der Waals surface area contributed by atoms with Crippen molar-refractivity contribution in [2.24, 2.45) is 0 Å². The zero-order valence-electron chi connectivity index (χ0n) is 10.6. The van der Waals surface area contributed by atoms with Crippen LogP contribution < -0.4 is 0 Å². The molecule has 18 heavy (non-hydrogen) atoms. The largest absolute Gasteiger partial charge is 0.385 e. The van der Waals surface area contributed by atoms with E-state index in [2.05, 4.69) is 41.9 Å². The molecule has 3 rings (SSSR count). The lowest BCUT2D eigenvalue weighted by molar-refractivity contribution is 0.0160. The molecule has 0 aliphatic heterocycles. The summed E-state index contributed by atoms with van der Waals surface area (Å²) >= 11 is 1.70. The van der Waals surface area contributed by atoms with Gasteiger partial charge in [-0.2, -0.15) is 11.3 Å². The van der Waals surface area contributed by atoms with Gasteiger partial charge in [0.15, 0.2) is 0 Å². The molecule has 0 radical (unpaired) electrons. The van der Waals surface area contributed by atoms with E-state index in [-0.39, 0.29) is 0 Å². The maximum absolute atomic E-state index is 11.0. The van der Waals surface area contributed by atoms with Crippen molar-refractivity contribution in [1.82, 2.24) is 0 Å². The highest BCUT2D eigenvalue weighted by molar-refractivity contribution is 7.07. The molecular weight excluding hydrogens is 240 g/mol. The Kier molecular flexibility index (Phi) is 3.00. The highest BCUT2D eigenvalue weighted by Gasteiger charge is 2.36. The molecule has 1 nitrogen and oxygen atoms in total. The fourth-order valence-corrected chi connectivity index (χ4v) is 3.68. The van der Waals surface area contributed by atoms with Gasteiger partial charge in [0.2, 0.25) is 0 Å². The summed E-state index contributed by atoms with van der Waals surface area (Å²) in [5, 5.41) is 15.2. The summed E-state index contributed by atoms with van der Waals surface area (Å²) in [6, 6.07) is 10.5. The standard InChI is InChI=1S/C16H18OS/c1-12-6-8-16(17,10-13-7-9-18-11-13)15-5-3-2-4-14(12)15/h2-5,7,9,11-12,17H,6,8,10H2,1H3. The number of benzene rings is 1. The van der Waals surface area contributed by atoms with Gasteiger partial charge in [-0.05, 0) is 52.3 Å². The normalized spacial score (nSPS) is 26.9. The van der Waals surface area contributed by atoms with Gasteiger partial charge in [-0.25, -0.2) is 0 Å². The average Bonchev–Trinajstić information content (AvgIpc) is 2.87. The fraction of sp³-hybridized carbons (Fsp3) is 0.375. The number of rotatable bonds is 2. The number of fused-ring (bicyclic) bond motifs is 1. The summed E-state index contributed by atoms with van der Waals surface area (Å²) in [6.07, 6.45) is 2.67. The topological polar surface area (TPSA) is 20.2 Å².